The van der Waals surface area contributed by atoms with Crippen LogP contribution in [0.25, 0.3) is 0 Å². The molecule has 1 aromatic carbocycles. The van der Waals surface area contributed by atoms with Crippen molar-refractivity contribution in [3.8, 4) is 0 Å². The normalized spacial score (nSPS) is 12.7. The Morgan fingerprint density at radius 1 is 1.12 bits per heavy atom. The molecule has 4 N–H and O–H groups in total. The molecule has 90 valence electrons. The highest BCUT2D eigenvalue weighted by Gasteiger charge is 2.21. The van der Waals surface area contributed by atoms with Gasteiger partial charge >= 0.3 is 0 Å². The predicted octanol–water partition coefficient (Wildman–Crippen LogP) is -0.804. The van der Waals surface area contributed by atoms with E-state index in [-0.39, 0.29) is 11.4 Å². The molecule has 0 saturated heterocycles. The van der Waals surface area contributed by atoms with Gasteiger partial charge in [-0.05, 0) is 17.7 Å². The summed E-state index contributed by atoms with van der Waals surface area (Å²) in [6, 6.07) is 3.79. The van der Waals surface area contributed by atoms with E-state index in [2.05, 4.69) is 0 Å². The van der Waals surface area contributed by atoms with Crippen LogP contribution in [-0.2, 0) is 26.4 Å². The van der Waals surface area contributed by atoms with Crippen molar-refractivity contribution in [3.63, 3.8) is 0 Å². The molecule has 0 fully saturated rings. The van der Waals surface area contributed by atoms with Gasteiger partial charge in [0.1, 0.15) is 4.90 Å². The first kappa shape index (κ1) is 13.1. The van der Waals surface area contributed by atoms with Crippen LogP contribution in [-0.4, -0.2) is 23.1 Å². The Kier molecular flexibility index (Phi) is 3.38. The van der Waals surface area contributed by atoms with E-state index >= 15 is 0 Å². The Hall–Kier alpha value is -0.960. The van der Waals surface area contributed by atoms with Gasteiger partial charge in [0.2, 0.25) is 10.0 Å². The lowest BCUT2D eigenvalue weighted by Gasteiger charge is -2.07. The fourth-order valence-electron chi connectivity index (χ4n) is 1.20. The second kappa shape index (κ2) is 4.13. The van der Waals surface area contributed by atoms with Crippen LogP contribution >= 0.6 is 0 Å². The number of sulfonamides is 1. The zero-order valence-electron chi connectivity index (χ0n) is 8.54. The lowest BCUT2D eigenvalue weighted by Crippen LogP contribution is -2.17. The first-order valence-corrected chi connectivity index (χ1v) is 7.66. The van der Waals surface area contributed by atoms with Crippen molar-refractivity contribution >= 4 is 19.9 Å². The minimum atomic E-state index is -4.06. The maximum Gasteiger partial charge on any atom is 0.239 e. The van der Waals surface area contributed by atoms with E-state index in [1.54, 1.807) is 0 Å². The van der Waals surface area contributed by atoms with Gasteiger partial charge in [-0.15, -0.1) is 0 Å². The number of sulfone groups is 1. The average molecular weight is 264 g/mol. The van der Waals surface area contributed by atoms with Crippen molar-refractivity contribution in [2.24, 2.45) is 10.9 Å². The van der Waals surface area contributed by atoms with E-state index in [0.717, 1.165) is 12.3 Å². The number of rotatable bonds is 3. The highest BCUT2D eigenvalue weighted by Crippen LogP contribution is 2.21. The van der Waals surface area contributed by atoms with E-state index in [1.807, 2.05) is 0 Å². The zero-order valence-corrected chi connectivity index (χ0v) is 10.2. The fourth-order valence-corrected chi connectivity index (χ4v) is 3.40. The van der Waals surface area contributed by atoms with Crippen molar-refractivity contribution in [2.45, 2.75) is 16.3 Å². The van der Waals surface area contributed by atoms with Gasteiger partial charge in [-0.3, -0.25) is 0 Å². The molecule has 0 aliphatic rings. The Morgan fingerprint density at radius 2 is 1.69 bits per heavy atom. The van der Waals surface area contributed by atoms with Gasteiger partial charge in [-0.25, -0.2) is 22.0 Å². The van der Waals surface area contributed by atoms with Crippen LogP contribution in [0.15, 0.2) is 28.0 Å². The molecule has 0 heterocycles. The summed E-state index contributed by atoms with van der Waals surface area (Å²) >= 11 is 0. The third kappa shape index (κ3) is 2.79. The summed E-state index contributed by atoms with van der Waals surface area (Å²) in [5.41, 5.74) is 5.87. The van der Waals surface area contributed by atoms with E-state index in [0.29, 0.717) is 5.56 Å². The third-order valence-electron chi connectivity index (χ3n) is 1.95. The van der Waals surface area contributed by atoms with E-state index in [9.17, 15) is 16.8 Å². The molecule has 6 nitrogen and oxygen atoms in total. The summed E-state index contributed by atoms with van der Waals surface area (Å²) in [6.07, 6.45) is 0.914. The van der Waals surface area contributed by atoms with Crippen LogP contribution in [0.4, 0.5) is 0 Å². The van der Waals surface area contributed by atoms with Crippen LogP contribution in [0.1, 0.15) is 5.56 Å². The lowest BCUT2D eigenvalue weighted by atomic mass is 10.2. The molecule has 16 heavy (non-hydrogen) atoms. The van der Waals surface area contributed by atoms with E-state index < -0.39 is 24.8 Å². The van der Waals surface area contributed by atoms with Gasteiger partial charge in [-0.1, -0.05) is 6.07 Å². The van der Waals surface area contributed by atoms with Crippen molar-refractivity contribution in [2.75, 3.05) is 6.26 Å². The molecule has 0 aliphatic carbocycles. The summed E-state index contributed by atoms with van der Waals surface area (Å²) in [6.45, 7) is 0.118. The molecular weight excluding hydrogens is 252 g/mol. The summed E-state index contributed by atoms with van der Waals surface area (Å²) in [4.78, 5) is -0.731. The predicted molar refractivity (Wildman–Crippen MR) is 58.8 cm³/mol. The molecule has 0 unspecified atom stereocenters. The minimum Gasteiger partial charge on any atom is -0.326 e. The number of primary sulfonamides is 1. The smallest absolute Gasteiger partial charge is 0.239 e. The zero-order chi connectivity index (χ0) is 12.6. The molecule has 8 heteroatoms. The molecule has 0 bridgehead atoms. The van der Waals surface area contributed by atoms with Crippen LogP contribution < -0.4 is 10.9 Å². The second-order valence-corrected chi connectivity index (χ2v) is 6.82. The molecule has 0 radical (unpaired) electrons. The topological polar surface area (TPSA) is 120 Å². The Morgan fingerprint density at radius 3 is 2.06 bits per heavy atom. The number of hydrogen-bond acceptors (Lipinski definition) is 5. The second-order valence-electron chi connectivity index (χ2n) is 3.30. The molecule has 0 amide bonds. The van der Waals surface area contributed by atoms with Crippen LogP contribution in [0.2, 0.25) is 0 Å². The van der Waals surface area contributed by atoms with Crippen molar-refractivity contribution in [1.82, 2.24) is 0 Å². The standard InChI is InChI=1S/C8H12N2O4S2/c1-15(11,12)8-4-6(5-9)2-3-7(8)16(10,13)14/h2-4H,5,9H2,1H3,(H2,10,13,14). The summed E-state index contributed by atoms with van der Waals surface area (Å²) in [5, 5.41) is 4.92. The van der Waals surface area contributed by atoms with Gasteiger partial charge in [-0.2, -0.15) is 0 Å². The number of nitrogens with two attached hydrogens (primary N) is 2. The molecule has 0 spiro atoms. The third-order valence-corrected chi connectivity index (χ3v) is 4.18. The number of benzene rings is 1. The number of hydrogen-bond donors (Lipinski definition) is 2. The van der Waals surface area contributed by atoms with Crippen molar-refractivity contribution in [3.05, 3.63) is 23.8 Å². The van der Waals surface area contributed by atoms with Gasteiger partial charge in [0, 0.05) is 12.8 Å². The van der Waals surface area contributed by atoms with Crippen LogP contribution in [0.3, 0.4) is 0 Å². The first-order chi connectivity index (χ1) is 7.16. The monoisotopic (exact) mass is 264 g/mol. The van der Waals surface area contributed by atoms with E-state index in [4.69, 9.17) is 10.9 Å². The Balaban J connectivity index is 3.66. The summed E-state index contributed by atoms with van der Waals surface area (Å²) in [7, 11) is -7.73. The molecule has 0 atom stereocenters. The molecule has 0 aromatic heterocycles. The summed E-state index contributed by atoms with van der Waals surface area (Å²) < 4.78 is 45.2. The minimum absolute atomic E-state index is 0.118. The Labute approximate surface area is 94.2 Å². The molecule has 0 saturated carbocycles. The highest BCUT2D eigenvalue weighted by molar-refractivity contribution is 7.93. The SMILES string of the molecule is CS(=O)(=O)c1cc(CN)ccc1S(N)(=O)=O. The maximum atomic E-state index is 11.4. The molecule has 1 aromatic rings. The van der Waals surface area contributed by atoms with E-state index in [1.165, 1.54) is 12.1 Å². The maximum absolute atomic E-state index is 11.4. The van der Waals surface area contributed by atoms with Gasteiger partial charge in [0.15, 0.2) is 9.84 Å². The van der Waals surface area contributed by atoms with Crippen LogP contribution in [0.5, 0.6) is 0 Å². The van der Waals surface area contributed by atoms with Crippen molar-refractivity contribution in [1.29, 1.82) is 0 Å². The highest BCUT2D eigenvalue weighted by atomic mass is 32.2. The summed E-state index contributed by atoms with van der Waals surface area (Å²) in [5.74, 6) is 0. The lowest BCUT2D eigenvalue weighted by molar-refractivity contribution is 0.586. The largest absolute Gasteiger partial charge is 0.326 e. The molecule has 0 aliphatic heterocycles. The van der Waals surface area contributed by atoms with Crippen LogP contribution in [0, 0.1) is 0 Å². The quantitative estimate of drug-likeness (QED) is 0.740. The fraction of sp³-hybridized carbons (Fsp3) is 0.250. The van der Waals surface area contributed by atoms with Gasteiger partial charge in [0.05, 0.1) is 4.90 Å². The van der Waals surface area contributed by atoms with Gasteiger partial charge in [0.25, 0.3) is 0 Å². The molecule has 1 rings (SSSR count). The Bertz CT molecular complexity index is 605. The molecular formula is C8H12N2O4S2. The first-order valence-electron chi connectivity index (χ1n) is 4.22. The van der Waals surface area contributed by atoms with Gasteiger partial charge < -0.3 is 5.73 Å². The van der Waals surface area contributed by atoms with Crippen molar-refractivity contribution < 1.29 is 16.8 Å². The average Bonchev–Trinajstić information content (AvgIpc) is 2.14.